The number of carbonyl (C=O) groups excluding carboxylic acids is 1. The highest BCUT2D eigenvalue weighted by Crippen LogP contribution is 2.38. The predicted octanol–water partition coefficient (Wildman–Crippen LogP) is 1.88. The van der Waals surface area contributed by atoms with Crippen LogP contribution in [-0.2, 0) is 4.74 Å². The van der Waals surface area contributed by atoms with Gasteiger partial charge < -0.3 is 15.4 Å². The number of halogens is 3. The molecule has 2 amide bonds. The van der Waals surface area contributed by atoms with Crippen LogP contribution in [0.5, 0.6) is 0 Å². The fourth-order valence-electron chi connectivity index (χ4n) is 3.52. The molecule has 2 saturated heterocycles. The molecule has 0 bridgehead atoms. The first kappa shape index (κ1) is 16.8. The molecule has 3 aliphatic rings. The number of nitrogens with one attached hydrogen (secondary N) is 2. The van der Waals surface area contributed by atoms with Gasteiger partial charge in [0.05, 0.1) is 12.6 Å². The van der Waals surface area contributed by atoms with E-state index < -0.39 is 12.7 Å². The second kappa shape index (κ2) is 6.84. The average molecular weight is 335 g/mol. The van der Waals surface area contributed by atoms with Gasteiger partial charge in [-0.1, -0.05) is 0 Å². The van der Waals surface area contributed by atoms with Crippen molar-refractivity contribution in [2.75, 3.05) is 26.2 Å². The Morgan fingerprint density at radius 2 is 1.87 bits per heavy atom. The molecule has 3 fully saturated rings. The summed E-state index contributed by atoms with van der Waals surface area (Å²) in [6.45, 7) is 0.377. The highest BCUT2D eigenvalue weighted by atomic mass is 19.4. The summed E-state index contributed by atoms with van der Waals surface area (Å²) in [6, 6.07) is -0.385. The number of amides is 2. The van der Waals surface area contributed by atoms with E-state index in [4.69, 9.17) is 4.74 Å². The van der Waals surface area contributed by atoms with Crippen LogP contribution in [0.15, 0.2) is 0 Å². The van der Waals surface area contributed by atoms with Crippen LogP contribution in [-0.4, -0.2) is 61.5 Å². The predicted molar refractivity (Wildman–Crippen MR) is 78.1 cm³/mol. The quantitative estimate of drug-likeness (QED) is 0.825. The smallest absolute Gasteiger partial charge is 0.378 e. The van der Waals surface area contributed by atoms with Crippen LogP contribution < -0.4 is 10.6 Å². The van der Waals surface area contributed by atoms with Gasteiger partial charge in [0.15, 0.2) is 0 Å². The molecule has 5 nitrogen and oxygen atoms in total. The van der Waals surface area contributed by atoms with Crippen LogP contribution in [0.3, 0.4) is 0 Å². The molecule has 0 aromatic rings. The van der Waals surface area contributed by atoms with Gasteiger partial charge in [0.1, 0.15) is 0 Å². The Morgan fingerprint density at radius 3 is 2.57 bits per heavy atom. The first-order valence-electron chi connectivity index (χ1n) is 8.37. The largest absolute Gasteiger partial charge is 0.401 e. The Bertz CT molecular complexity index is 429. The Labute approximate surface area is 133 Å². The van der Waals surface area contributed by atoms with Crippen LogP contribution in [0, 0.1) is 5.92 Å². The van der Waals surface area contributed by atoms with Crippen molar-refractivity contribution >= 4 is 6.03 Å². The molecular weight excluding hydrogens is 311 g/mol. The molecule has 0 radical (unpaired) electrons. The summed E-state index contributed by atoms with van der Waals surface area (Å²) < 4.78 is 42.8. The molecule has 1 aliphatic carbocycles. The number of ether oxygens (including phenoxy) is 1. The molecule has 0 aromatic heterocycles. The van der Waals surface area contributed by atoms with Crippen LogP contribution in [0.1, 0.15) is 32.1 Å². The highest BCUT2D eigenvalue weighted by molar-refractivity contribution is 5.74. The first-order chi connectivity index (χ1) is 10.9. The number of likely N-dealkylation sites (tertiary alicyclic amines) is 1. The van der Waals surface area contributed by atoms with E-state index in [0.29, 0.717) is 25.5 Å². The molecule has 132 valence electrons. The number of nitrogens with zero attached hydrogens (tertiary/aromatic N) is 1. The van der Waals surface area contributed by atoms with E-state index >= 15 is 0 Å². The fourth-order valence-corrected chi connectivity index (χ4v) is 3.52. The second-order valence-corrected chi connectivity index (χ2v) is 6.92. The maximum atomic E-state index is 12.4. The lowest BCUT2D eigenvalue weighted by molar-refractivity contribution is -0.143. The van der Waals surface area contributed by atoms with Gasteiger partial charge in [0.25, 0.3) is 0 Å². The summed E-state index contributed by atoms with van der Waals surface area (Å²) >= 11 is 0. The number of hydrogen-bond donors (Lipinski definition) is 2. The molecule has 2 N–H and O–H groups in total. The van der Waals surface area contributed by atoms with Crippen molar-refractivity contribution in [3.05, 3.63) is 0 Å². The summed E-state index contributed by atoms with van der Waals surface area (Å²) in [6.07, 6.45) is 0.674. The second-order valence-electron chi connectivity index (χ2n) is 6.92. The lowest BCUT2D eigenvalue weighted by atomic mass is 10.0. The molecule has 0 unspecified atom stereocenters. The molecule has 3 atom stereocenters. The lowest BCUT2D eigenvalue weighted by Gasteiger charge is -2.30. The van der Waals surface area contributed by atoms with Crippen molar-refractivity contribution in [2.45, 2.75) is 56.5 Å². The van der Waals surface area contributed by atoms with Gasteiger partial charge in [-0.3, -0.25) is 4.90 Å². The monoisotopic (exact) mass is 335 g/mol. The highest BCUT2D eigenvalue weighted by Gasteiger charge is 2.37. The summed E-state index contributed by atoms with van der Waals surface area (Å²) in [5.41, 5.74) is 0. The summed E-state index contributed by atoms with van der Waals surface area (Å²) in [4.78, 5) is 13.4. The molecule has 2 aliphatic heterocycles. The van der Waals surface area contributed by atoms with Crippen LogP contribution >= 0.6 is 0 Å². The Kier molecular flexibility index (Phi) is 5.01. The van der Waals surface area contributed by atoms with Gasteiger partial charge >= 0.3 is 12.2 Å². The van der Waals surface area contributed by atoms with Gasteiger partial charge in [-0.2, -0.15) is 13.2 Å². The zero-order valence-electron chi connectivity index (χ0n) is 13.1. The topological polar surface area (TPSA) is 53.6 Å². The SMILES string of the molecule is O=C(N[C@@H]1CCO[C@@H](C2CC2)C1)N[C@@H]1CCN(CC(F)(F)F)C1. The minimum Gasteiger partial charge on any atom is -0.378 e. The molecule has 0 aromatic carbocycles. The van der Waals surface area contributed by atoms with Crippen LogP contribution in [0.2, 0.25) is 0 Å². The van der Waals surface area contributed by atoms with Gasteiger partial charge in [-0.05, 0) is 38.0 Å². The molecule has 8 heteroatoms. The van der Waals surface area contributed by atoms with Crippen molar-refractivity contribution in [3.8, 4) is 0 Å². The van der Waals surface area contributed by atoms with E-state index in [0.717, 1.165) is 12.8 Å². The fraction of sp³-hybridized carbons (Fsp3) is 0.933. The van der Waals surface area contributed by atoms with E-state index in [9.17, 15) is 18.0 Å². The number of hydrogen-bond acceptors (Lipinski definition) is 3. The third kappa shape index (κ3) is 5.24. The molecule has 1 saturated carbocycles. The Balaban J connectivity index is 1.38. The van der Waals surface area contributed by atoms with Crippen molar-refractivity contribution in [1.82, 2.24) is 15.5 Å². The van der Waals surface area contributed by atoms with Crippen molar-refractivity contribution < 1.29 is 22.7 Å². The average Bonchev–Trinajstić information content (AvgIpc) is 3.21. The molecule has 0 spiro atoms. The Morgan fingerprint density at radius 1 is 1.13 bits per heavy atom. The molecule has 3 rings (SSSR count). The van der Waals surface area contributed by atoms with Crippen molar-refractivity contribution in [2.24, 2.45) is 5.92 Å². The summed E-state index contributed by atoms with van der Waals surface area (Å²) in [7, 11) is 0. The standard InChI is InChI=1S/C15H24F3N3O2/c16-15(17,18)9-21-5-3-12(8-21)20-14(22)19-11-4-6-23-13(7-11)10-1-2-10/h10-13H,1-9H2,(H2,19,20,22)/t11-,12-,13-/m1/s1. The van der Waals surface area contributed by atoms with Gasteiger partial charge in [-0.25, -0.2) is 4.79 Å². The van der Waals surface area contributed by atoms with E-state index in [1.54, 1.807) is 0 Å². The van der Waals surface area contributed by atoms with E-state index in [1.165, 1.54) is 17.7 Å². The minimum absolute atomic E-state index is 0.0991. The van der Waals surface area contributed by atoms with Crippen LogP contribution in [0.4, 0.5) is 18.0 Å². The van der Waals surface area contributed by atoms with Crippen molar-refractivity contribution in [3.63, 3.8) is 0 Å². The molecule has 23 heavy (non-hydrogen) atoms. The van der Waals surface area contributed by atoms with E-state index in [2.05, 4.69) is 10.6 Å². The van der Waals surface area contributed by atoms with Gasteiger partial charge in [0, 0.05) is 31.8 Å². The van der Waals surface area contributed by atoms with Gasteiger partial charge in [-0.15, -0.1) is 0 Å². The number of rotatable bonds is 4. The normalized spacial score (nSPS) is 32.7. The minimum atomic E-state index is -4.18. The zero-order valence-corrected chi connectivity index (χ0v) is 13.1. The zero-order chi connectivity index (χ0) is 16.4. The first-order valence-corrected chi connectivity index (χ1v) is 8.37. The maximum absolute atomic E-state index is 12.4. The third-order valence-electron chi connectivity index (χ3n) is 4.81. The lowest BCUT2D eigenvalue weighted by Crippen LogP contribution is -2.50. The molecular formula is C15H24F3N3O2. The summed E-state index contributed by atoms with van der Waals surface area (Å²) in [5.74, 6) is 0.647. The molecule has 2 heterocycles. The summed E-state index contributed by atoms with van der Waals surface area (Å²) in [5, 5.41) is 5.75. The van der Waals surface area contributed by atoms with Crippen molar-refractivity contribution in [1.29, 1.82) is 0 Å². The van der Waals surface area contributed by atoms with Crippen LogP contribution in [0.25, 0.3) is 0 Å². The van der Waals surface area contributed by atoms with Gasteiger partial charge in [0.2, 0.25) is 0 Å². The Hall–Kier alpha value is -1.02. The number of alkyl halides is 3. The maximum Gasteiger partial charge on any atom is 0.401 e. The third-order valence-corrected chi connectivity index (χ3v) is 4.81. The van der Waals surface area contributed by atoms with E-state index in [1.807, 2.05) is 0 Å². The van der Waals surface area contributed by atoms with E-state index in [-0.39, 0.29) is 30.8 Å². The number of urea groups is 1. The number of carbonyl (C=O) groups is 1.